The lowest BCUT2D eigenvalue weighted by atomic mass is 10.1. The van der Waals surface area contributed by atoms with Gasteiger partial charge in [-0.3, -0.25) is 0 Å². The van der Waals surface area contributed by atoms with Crippen molar-refractivity contribution in [3.63, 3.8) is 0 Å². The fourth-order valence-corrected chi connectivity index (χ4v) is 5.08. The molecule has 2 aliphatic heterocycles. The number of nitrogens with one attached hydrogen (secondary N) is 1. The van der Waals surface area contributed by atoms with Gasteiger partial charge < -0.3 is 29.5 Å². The summed E-state index contributed by atoms with van der Waals surface area (Å²) in [6, 6.07) is 9.16. The van der Waals surface area contributed by atoms with Crippen LogP contribution in [0.5, 0.6) is 0 Å². The molecule has 0 saturated carbocycles. The molecule has 0 spiro atoms. The number of benzene rings is 2. The molecule has 3 heterocycles. The van der Waals surface area contributed by atoms with E-state index >= 15 is 0 Å². The van der Waals surface area contributed by atoms with Crippen LogP contribution >= 0.6 is 0 Å². The Morgan fingerprint density at radius 2 is 1.03 bits per heavy atom. The van der Waals surface area contributed by atoms with Gasteiger partial charge in [0.05, 0.1) is 22.7 Å². The zero-order valence-corrected chi connectivity index (χ0v) is 21.0. The van der Waals surface area contributed by atoms with E-state index in [1.165, 1.54) is 22.7 Å². The first-order chi connectivity index (χ1) is 16.4. The summed E-state index contributed by atoms with van der Waals surface area (Å²) in [5, 5.41) is 8.89. The molecular weight excluding hydrogens is 428 g/mol. The van der Waals surface area contributed by atoms with Crippen molar-refractivity contribution < 1.29 is 14.9 Å². The van der Waals surface area contributed by atoms with Gasteiger partial charge >= 0.3 is 0 Å². The van der Waals surface area contributed by atoms with E-state index in [0.717, 1.165) is 81.3 Å². The normalized spacial score (nSPS) is 15.2. The fraction of sp³-hybridized carbons (Fsp3) is 0.500. The molecular formula is C26H36N6O2. The van der Waals surface area contributed by atoms with Gasteiger partial charge in [0.2, 0.25) is 11.0 Å². The van der Waals surface area contributed by atoms with Crippen LogP contribution < -0.4 is 29.7 Å². The van der Waals surface area contributed by atoms with Gasteiger partial charge in [-0.05, 0) is 46.8 Å². The first-order valence-electron chi connectivity index (χ1n) is 12.4. The maximum absolute atomic E-state index is 8.89. The minimum atomic E-state index is -1.08. The number of aromatic amines is 1. The Morgan fingerprint density at radius 1 is 0.735 bits per heavy atom. The first kappa shape index (κ1) is 23.9. The molecule has 0 saturated heterocycles. The molecule has 1 N–H and O–H groups in total. The van der Waals surface area contributed by atoms with E-state index in [0.29, 0.717) is 0 Å². The van der Waals surface area contributed by atoms with Crippen molar-refractivity contribution in [3.8, 4) is 0 Å². The molecule has 8 nitrogen and oxygen atoms in total. The molecule has 1 aromatic heterocycles. The number of hydrogen-bond acceptors (Lipinski definition) is 7. The van der Waals surface area contributed by atoms with Crippen LogP contribution in [0.3, 0.4) is 0 Å². The molecule has 2 aliphatic rings. The molecule has 34 heavy (non-hydrogen) atoms. The van der Waals surface area contributed by atoms with Crippen LogP contribution in [-0.4, -0.2) is 63.3 Å². The minimum absolute atomic E-state index is 0.972. The average Bonchev–Trinajstić information content (AvgIpc) is 2.83. The topological polar surface area (TPSA) is 80.1 Å². The first-order valence-corrected chi connectivity index (χ1v) is 12.4. The largest absolute Gasteiger partial charge is 0.550 e. The average molecular weight is 465 g/mol. The number of nitrogens with zero attached hydrogens (tertiary/aromatic N) is 5. The van der Waals surface area contributed by atoms with E-state index in [-0.39, 0.29) is 0 Å². The van der Waals surface area contributed by atoms with Crippen LogP contribution in [0.25, 0.3) is 22.1 Å². The van der Waals surface area contributed by atoms with E-state index < -0.39 is 5.97 Å². The summed E-state index contributed by atoms with van der Waals surface area (Å²) in [6.07, 6.45) is 0. The van der Waals surface area contributed by atoms with E-state index in [1.807, 2.05) is 0 Å². The number of likely N-dealkylation sites (N-methyl/N-ethyl adjacent to an activating group) is 4. The summed E-state index contributed by atoms with van der Waals surface area (Å²) in [6.45, 7) is 18.3. The SMILES string of the molecule is CC(=O)[O-].CCN1CCN(CC)c2cc3[nH+]c4cc5c(cc4nc3cc21)N(CC)CCN5CC. The molecule has 0 radical (unpaired) electrons. The van der Waals surface area contributed by atoms with Gasteiger partial charge in [-0.25, -0.2) is 9.97 Å². The van der Waals surface area contributed by atoms with Crippen LogP contribution in [0.2, 0.25) is 0 Å². The van der Waals surface area contributed by atoms with Gasteiger partial charge in [0.1, 0.15) is 11.0 Å². The molecule has 3 aromatic rings. The molecule has 0 bridgehead atoms. The van der Waals surface area contributed by atoms with E-state index in [2.05, 4.69) is 76.5 Å². The fourth-order valence-electron chi connectivity index (χ4n) is 5.08. The lowest BCUT2D eigenvalue weighted by Gasteiger charge is -2.38. The Bertz CT molecular complexity index is 1020. The van der Waals surface area contributed by atoms with Crippen LogP contribution in [0.1, 0.15) is 34.6 Å². The second-order valence-corrected chi connectivity index (χ2v) is 8.76. The lowest BCUT2D eigenvalue weighted by molar-refractivity contribution is -0.310. The van der Waals surface area contributed by atoms with Crippen molar-refractivity contribution in [2.75, 3.05) is 72.0 Å². The summed E-state index contributed by atoms with van der Waals surface area (Å²) in [5.74, 6) is -1.08. The Hall–Kier alpha value is -3.29. The maximum atomic E-state index is 8.89. The number of aliphatic carboxylic acids is 1. The van der Waals surface area contributed by atoms with Crippen LogP contribution in [0.4, 0.5) is 22.7 Å². The molecule has 8 heteroatoms. The predicted molar refractivity (Wildman–Crippen MR) is 138 cm³/mol. The third kappa shape index (κ3) is 4.41. The van der Waals surface area contributed by atoms with Crippen molar-refractivity contribution in [1.29, 1.82) is 0 Å². The van der Waals surface area contributed by atoms with Gasteiger partial charge in [-0.15, -0.1) is 0 Å². The molecule has 0 aliphatic carbocycles. The number of rotatable bonds is 4. The van der Waals surface area contributed by atoms with Gasteiger partial charge in [0, 0.05) is 70.5 Å². The van der Waals surface area contributed by atoms with Crippen molar-refractivity contribution in [1.82, 2.24) is 4.98 Å². The Kier molecular flexibility index (Phi) is 6.95. The van der Waals surface area contributed by atoms with E-state index in [9.17, 15) is 0 Å². The van der Waals surface area contributed by atoms with Crippen molar-refractivity contribution >= 4 is 50.8 Å². The van der Waals surface area contributed by atoms with Crippen molar-refractivity contribution in [3.05, 3.63) is 24.3 Å². The zero-order valence-electron chi connectivity index (χ0n) is 21.0. The molecule has 182 valence electrons. The highest BCUT2D eigenvalue weighted by Crippen LogP contribution is 2.38. The highest BCUT2D eigenvalue weighted by molar-refractivity contribution is 5.93. The van der Waals surface area contributed by atoms with Crippen molar-refractivity contribution in [2.45, 2.75) is 34.6 Å². The van der Waals surface area contributed by atoms with E-state index in [1.54, 1.807) is 0 Å². The number of anilines is 4. The van der Waals surface area contributed by atoms with Gasteiger partial charge in [0.15, 0.2) is 0 Å². The molecule has 0 amide bonds. The molecule has 5 rings (SSSR count). The zero-order chi connectivity index (χ0) is 24.4. The molecule has 0 unspecified atom stereocenters. The summed E-state index contributed by atoms with van der Waals surface area (Å²) >= 11 is 0. The monoisotopic (exact) mass is 464 g/mol. The van der Waals surface area contributed by atoms with Crippen LogP contribution in [0.15, 0.2) is 24.3 Å². The third-order valence-electron chi connectivity index (χ3n) is 6.87. The van der Waals surface area contributed by atoms with Crippen molar-refractivity contribution in [2.24, 2.45) is 0 Å². The number of H-pyrrole nitrogens is 1. The summed E-state index contributed by atoms with van der Waals surface area (Å²) in [5.41, 5.74) is 9.58. The Morgan fingerprint density at radius 3 is 1.32 bits per heavy atom. The second-order valence-electron chi connectivity index (χ2n) is 8.76. The summed E-state index contributed by atoms with van der Waals surface area (Å²) in [7, 11) is 0. The number of carboxylic acid groups (broad SMARTS) is 1. The molecule has 0 fully saturated rings. The number of fused-ring (bicyclic) bond motifs is 4. The third-order valence-corrected chi connectivity index (χ3v) is 6.87. The highest BCUT2D eigenvalue weighted by Gasteiger charge is 2.26. The number of carbonyl (C=O) groups excluding carboxylic acids is 1. The lowest BCUT2D eigenvalue weighted by Crippen LogP contribution is -2.41. The van der Waals surface area contributed by atoms with Crippen LogP contribution in [0, 0.1) is 0 Å². The van der Waals surface area contributed by atoms with Gasteiger partial charge in [0.25, 0.3) is 0 Å². The number of carboxylic acids is 1. The quantitative estimate of drug-likeness (QED) is 0.548. The highest BCUT2D eigenvalue weighted by atomic mass is 16.4. The summed E-state index contributed by atoms with van der Waals surface area (Å²) < 4.78 is 0. The van der Waals surface area contributed by atoms with E-state index in [4.69, 9.17) is 14.9 Å². The number of aromatic nitrogens is 2. The number of hydrogen-bond donors (Lipinski definition) is 0. The number of carbonyl (C=O) groups is 1. The van der Waals surface area contributed by atoms with Gasteiger partial charge in [-0.1, -0.05) is 0 Å². The smallest absolute Gasteiger partial charge is 0.232 e. The Balaban J connectivity index is 0.000000636. The van der Waals surface area contributed by atoms with Gasteiger partial charge in [-0.2, -0.15) is 0 Å². The minimum Gasteiger partial charge on any atom is -0.550 e. The second kappa shape index (κ2) is 9.91. The predicted octanol–water partition coefficient (Wildman–Crippen LogP) is 2.29. The Labute approximate surface area is 201 Å². The van der Waals surface area contributed by atoms with Crippen LogP contribution in [-0.2, 0) is 4.79 Å². The standard InChI is InChI=1S/C24H32N6.C2H4O2/c1-5-27-9-10-28(6-2)22-14-18-17(13-21(22)27)25-19-15-23-24(16-20(19)26-18)30(8-4)12-11-29(23)7-3;1-2(3)4/h13-16H,5-12H2,1-4H3;1H3,(H,3,4). The molecule has 2 aromatic carbocycles. The molecule has 0 atom stereocenters. The summed E-state index contributed by atoms with van der Waals surface area (Å²) in [4.78, 5) is 27.6. The maximum Gasteiger partial charge on any atom is 0.232 e.